The zero-order valence-electron chi connectivity index (χ0n) is 19.1. The number of likely N-dealkylation sites (tertiary alicyclic amines) is 1. The van der Waals surface area contributed by atoms with E-state index in [1.54, 1.807) is 34.1 Å². The summed E-state index contributed by atoms with van der Waals surface area (Å²) in [7, 11) is 1.63. The van der Waals surface area contributed by atoms with Crippen molar-refractivity contribution in [3.8, 4) is 16.5 Å². The first-order valence-electron chi connectivity index (χ1n) is 10.7. The molecule has 0 spiro atoms. The predicted molar refractivity (Wildman–Crippen MR) is 126 cm³/mol. The molecular formula is C24H27N3O5S. The highest BCUT2D eigenvalue weighted by Crippen LogP contribution is 2.33. The van der Waals surface area contributed by atoms with Crippen LogP contribution in [0.25, 0.3) is 21.5 Å². The van der Waals surface area contributed by atoms with Gasteiger partial charge >= 0.3 is 12.1 Å². The number of carbonyl (C=O) groups is 2. The summed E-state index contributed by atoms with van der Waals surface area (Å²) < 4.78 is 10.8. The molecule has 3 heterocycles. The van der Waals surface area contributed by atoms with Crippen molar-refractivity contribution in [1.29, 1.82) is 0 Å². The van der Waals surface area contributed by atoms with Gasteiger partial charge in [0.05, 0.1) is 12.8 Å². The van der Waals surface area contributed by atoms with Gasteiger partial charge in [-0.3, -0.25) is 4.90 Å². The van der Waals surface area contributed by atoms with Crippen LogP contribution in [0.2, 0.25) is 0 Å². The molecule has 1 aliphatic rings. The van der Waals surface area contributed by atoms with Gasteiger partial charge in [-0.25, -0.2) is 19.6 Å². The largest absolute Gasteiger partial charge is 0.497 e. The van der Waals surface area contributed by atoms with Crippen LogP contribution in [0.4, 0.5) is 4.79 Å². The lowest BCUT2D eigenvalue weighted by atomic mass is 9.96. The Labute approximate surface area is 196 Å². The van der Waals surface area contributed by atoms with Crippen LogP contribution < -0.4 is 4.74 Å². The lowest BCUT2D eigenvalue weighted by Crippen LogP contribution is -2.43. The summed E-state index contributed by atoms with van der Waals surface area (Å²) in [5.74, 6) is -0.349. The average molecular weight is 470 g/mol. The second-order valence-corrected chi connectivity index (χ2v) is 10.1. The van der Waals surface area contributed by atoms with Gasteiger partial charge in [0.2, 0.25) is 0 Å². The van der Waals surface area contributed by atoms with Gasteiger partial charge in [-0.05, 0) is 69.2 Å². The number of pyridine rings is 1. The molecule has 1 aromatic carbocycles. The number of carboxylic acid groups (broad SMARTS) is 1. The van der Waals surface area contributed by atoms with Crippen molar-refractivity contribution < 1.29 is 24.2 Å². The fourth-order valence-electron chi connectivity index (χ4n) is 4.15. The summed E-state index contributed by atoms with van der Waals surface area (Å²) in [6.45, 7) is 5.60. The van der Waals surface area contributed by atoms with E-state index >= 15 is 0 Å². The molecule has 2 atom stereocenters. The molecule has 1 aliphatic heterocycles. The Morgan fingerprint density at radius 2 is 2.06 bits per heavy atom. The van der Waals surface area contributed by atoms with Crippen LogP contribution in [0.5, 0.6) is 5.75 Å². The van der Waals surface area contributed by atoms with E-state index in [0.29, 0.717) is 19.4 Å². The first kappa shape index (κ1) is 23.0. The van der Waals surface area contributed by atoms with E-state index in [0.717, 1.165) is 32.9 Å². The average Bonchev–Trinajstić information content (AvgIpc) is 3.42. The normalized spacial score (nSPS) is 18.5. The molecule has 8 nitrogen and oxygen atoms in total. The lowest BCUT2D eigenvalue weighted by Gasteiger charge is -2.26. The Bertz CT molecular complexity index is 1170. The van der Waals surface area contributed by atoms with Gasteiger partial charge in [0, 0.05) is 29.2 Å². The molecule has 1 amide bonds. The maximum atomic E-state index is 12.7. The second kappa shape index (κ2) is 8.97. The number of nitrogens with zero attached hydrogens (tertiary/aromatic N) is 3. The monoisotopic (exact) mass is 469 g/mol. The number of carboxylic acids is 1. The molecule has 0 radical (unpaired) electrons. The van der Waals surface area contributed by atoms with E-state index in [-0.39, 0.29) is 5.92 Å². The minimum atomic E-state index is -1.03. The lowest BCUT2D eigenvalue weighted by molar-refractivity contribution is -0.142. The number of benzene rings is 1. The standard InChI is InChI=1S/C24H27N3O5S/c1-24(2,3)32-23(30)27-13-14(10-20(27)22(28)29)9-18-17-6-5-16(31-4)11-15(17)12-19(26-18)21-25-7-8-33-21/h5-8,11-12,14,20H,9-10,13H2,1-4H3,(H,28,29)/t14-,20+/m1/s1. The van der Waals surface area contributed by atoms with Gasteiger partial charge in [0.25, 0.3) is 0 Å². The van der Waals surface area contributed by atoms with Crippen molar-refractivity contribution in [2.45, 2.75) is 45.3 Å². The molecule has 174 valence electrons. The summed E-state index contributed by atoms with van der Waals surface area (Å²) in [4.78, 5) is 35.2. The van der Waals surface area contributed by atoms with Crippen LogP contribution in [0, 0.1) is 5.92 Å². The molecule has 4 rings (SSSR count). The first-order chi connectivity index (χ1) is 15.6. The predicted octanol–water partition coefficient (Wildman–Crippen LogP) is 4.62. The number of amides is 1. The molecule has 0 aliphatic carbocycles. The Hall–Kier alpha value is -3.20. The highest BCUT2D eigenvalue weighted by atomic mass is 32.1. The number of ether oxygens (including phenoxy) is 2. The smallest absolute Gasteiger partial charge is 0.411 e. The summed E-state index contributed by atoms with van der Waals surface area (Å²) in [6.07, 6.45) is 2.02. The fraction of sp³-hybridized carbons (Fsp3) is 0.417. The number of rotatable bonds is 5. The molecule has 1 fully saturated rings. The minimum absolute atomic E-state index is 0.0667. The Kier molecular flexibility index (Phi) is 6.25. The highest BCUT2D eigenvalue weighted by Gasteiger charge is 2.41. The topological polar surface area (TPSA) is 102 Å². The first-order valence-corrected chi connectivity index (χ1v) is 11.6. The quantitative estimate of drug-likeness (QED) is 0.582. The maximum absolute atomic E-state index is 12.7. The third-order valence-electron chi connectivity index (χ3n) is 5.55. The van der Waals surface area contributed by atoms with Crippen molar-refractivity contribution in [3.63, 3.8) is 0 Å². The van der Waals surface area contributed by atoms with E-state index in [9.17, 15) is 14.7 Å². The summed E-state index contributed by atoms with van der Waals surface area (Å²) in [6, 6.07) is 6.88. The number of carbonyl (C=O) groups excluding carboxylic acids is 1. The van der Waals surface area contributed by atoms with E-state index < -0.39 is 23.7 Å². The summed E-state index contributed by atoms with van der Waals surface area (Å²) >= 11 is 1.51. The van der Waals surface area contributed by atoms with Gasteiger partial charge < -0.3 is 14.6 Å². The number of aromatic nitrogens is 2. The molecule has 0 bridgehead atoms. The third-order valence-corrected chi connectivity index (χ3v) is 6.35. The Balaban J connectivity index is 1.66. The van der Waals surface area contributed by atoms with Gasteiger partial charge in [-0.15, -0.1) is 11.3 Å². The maximum Gasteiger partial charge on any atom is 0.411 e. The number of aliphatic carboxylic acids is 1. The third kappa shape index (κ3) is 5.08. The van der Waals surface area contributed by atoms with E-state index in [1.807, 2.05) is 29.6 Å². The van der Waals surface area contributed by atoms with Gasteiger partial charge in [-0.2, -0.15) is 0 Å². The number of methoxy groups -OCH3 is 1. The zero-order valence-corrected chi connectivity index (χ0v) is 19.9. The van der Waals surface area contributed by atoms with E-state index in [1.165, 1.54) is 16.2 Å². The van der Waals surface area contributed by atoms with Crippen molar-refractivity contribution >= 4 is 34.2 Å². The number of hydrogen-bond donors (Lipinski definition) is 1. The van der Waals surface area contributed by atoms with Crippen LogP contribution >= 0.6 is 11.3 Å². The summed E-state index contributed by atoms with van der Waals surface area (Å²) in [5, 5.41) is 14.4. The second-order valence-electron chi connectivity index (χ2n) is 9.17. The van der Waals surface area contributed by atoms with Crippen molar-refractivity contribution in [2.75, 3.05) is 13.7 Å². The minimum Gasteiger partial charge on any atom is -0.497 e. The van der Waals surface area contributed by atoms with Crippen LogP contribution in [-0.4, -0.2) is 57.3 Å². The Morgan fingerprint density at radius 1 is 1.27 bits per heavy atom. The van der Waals surface area contributed by atoms with Gasteiger partial charge in [0.15, 0.2) is 0 Å². The van der Waals surface area contributed by atoms with E-state index in [2.05, 4.69) is 4.98 Å². The number of hydrogen-bond acceptors (Lipinski definition) is 7. The molecular weight excluding hydrogens is 442 g/mol. The van der Waals surface area contributed by atoms with Crippen LogP contribution in [-0.2, 0) is 16.0 Å². The molecule has 0 saturated carbocycles. The van der Waals surface area contributed by atoms with Crippen LogP contribution in [0.15, 0.2) is 35.8 Å². The van der Waals surface area contributed by atoms with Gasteiger partial charge in [-0.1, -0.05) is 0 Å². The zero-order chi connectivity index (χ0) is 23.8. The highest BCUT2D eigenvalue weighted by molar-refractivity contribution is 7.13. The molecule has 2 aromatic heterocycles. The van der Waals surface area contributed by atoms with E-state index in [4.69, 9.17) is 14.5 Å². The SMILES string of the molecule is COc1ccc2c(C[C@@H]3C[C@@H](C(=O)O)N(C(=O)OC(C)(C)C)C3)nc(-c3nccs3)cc2c1. The van der Waals surface area contributed by atoms with Crippen LogP contribution in [0.1, 0.15) is 32.9 Å². The Morgan fingerprint density at radius 3 is 2.70 bits per heavy atom. The van der Waals surface area contributed by atoms with Crippen molar-refractivity contribution in [3.05, 3.63) is 41.5 Å². The molecule has 33 heavy (non-hydrogen) atoms. The fourth-order valence-corrected chi connectivity index (χ4v) is 4.75. The molecule has 9 heteroatoms. The molecule has 1 N–H and O–H groups in total. The van der Waals surface area contributed by atoms with Crippen molar-refractivity contribution in [1.82, 2.24) is 14.9 Å². The number of fused-ring (bicyclic) bond motifs is 1. The van der Waals surface area contributed by atoms with Crippen LogP contribution in [0.3, 0.4) is 0 Å². The molecule has 0 unspecified atom stereocenters. The number of thiazole rings is 1. The molecule has 1 saturated heterocycles. The molecule has 3 aromatic rings. The van der Waals surface area contributed by atoms with Gasteiger partial charge in [0.1, 0.15) is 22.4 Å². The summed E-state index contributed by atoms with van der Waals surface area (Å²) in [5.41, 5.74) is 0.912. The van der Waals surface area contributed by atoms with Crippen molar-refractivity contribution in [2.24, 2.45) is 5.92 Å².